The SMILES string of the molecule is CC(CO)NC(=O)c1cccc(Br)c1Cl. The molecule has 0 fully saturated rings. The summed E-state index contributed by atoms with van der Waals surface area (Å²) in [6.45, 7) is 1.61. The van der Waals surface area contributed by atoms with Gasteiger partial charge in [0.15, 0.2) is 0 Å². The Balaban J connectivity index is 2.87. The van der Waals surface area contributed by atoms with Crippen LogP contribution in [0.15, 0.2) is 22.7 Å². The molecule has 1 unspecified atom stereocenters. The number of nitrogens with one attached hydrogen (secondary N) is 1. The van der Waals surface area contributed by atoms with Crippen molar-refractivity contribution in [3.63, 3.8) is 0 Å². The van der Waals surface area contributed by atoms with Crippen LogP contribution in [0.2, 0.25) is 5.02 Å². The van der Waals surface area contributed by atoms with E-state index in [-0.39, 0.29) is 18.6 Å². The Labute approximate surface area is 102 Å². The molecule has 0 aromatic heterocycles. The Bertz CT molecular complexity index is 370. The maximum atomic E-state index is 11.7. The lowest BCUT2D eigenvalue weighted by Crippen LogP contribution is -2.35. The van der Waals surface area contributed by atoms with Crippen molar-refractivity contribution in [2.75, 3.05) is 6.61 Å². The highest BCUT2D eigenvalue weighted by Gasteiger charge is 2.13. The first-order valence-corrected chi connectivity index (χ1v) is 5.59. The zero-order valence-electron chi connectivity index (χ0n) is 8.13. The van der Waals surface area contributed by atoms with E-state index in [9.17, 15) is 4.79 Å². The predicted molar refractivity (Wildman–Crippen MR) is 63.2 cm³/mol. The normalized spacial score (nSPS) is 12.3. The molecule has 1 amide bonds. The molecule has 1 atom stereocenters. The summed E-state index contributed by atoms with van der Waals surface area (Å²) in [6, 6.07) is 4.84. The van der Waals surface area contributed by atoms with Gasteiger partial charge in [-0.1, -0.05) is 17.7 Å². The largest absolute Gasteiger partial charge is 0.394 e. The Morgan fingerprint density at radius 2 is 2.33 bits per heavy atom. The number of rotatable bonds is 3. The van der Waals surface area contributed by atoms with Gasteiger partial charge in [0.05, 0.1) is 17.2 Å². The molecular formula is C10H11BrClNO2. The maximum Gasteiger partial charge on any atom is 0.253 e. The lowest BCUT2D eigenvalue weighted by atomic mass is 10.2. The Morgan fingerprint density at radius 1 is 1.67 bits per heavy atom. The van der Waals surface area contributed by atoms with Gasteiger partial charge in [-0.05, 0) is 35.0 Å². The van der Waals surface area contributed by atoms with Crippen LogP contribution in [-0.2, 0) is 0 Å². The molecule has 15 heavy (non-hydrogen) atoms. The fraction of sp³-hybridized carbons (Fsp3) is 0.300. The van der Waals surface area contributed by atoms with Gasteiger partial charge in [0.25, 0.3) is 5.91 Å². The molecule has 0 aliphatic carbocycles. The van der Waals surface area contributed by atoms with Crippen LogP contribution in [-0.4, -0.2) is 23.7 Å². The third-order valence-corrected chi connectivity index (χ3v) is 3.14. The summed E-state index contributed by atoms with van der Waals surface area (Å²) in [7, 11) is 0. The monoisotopic (exact) mass is 291 g/mol. The molecular weight excluding hydrogens is 281 g/mol. The van der Waals surface area contributed by atoms with Crippen LogP contribution in [0.3, 0.4) is 0 Å². The molecule has 5 heteroatoms. The zero-order valence-corrected chi connectivity index (χ0v) is 10.5. The van der Waals surface area contributed by atoms with Gasteiger partial charge in [0.2, 0.25) is 0 Å². The van der Waals surface area contributed by atoms with Crippen molar-refractivity contribution >= 4 is 33.4 Å². The van der Waals surface area contributed by atoms with Crippen LogP contribution in [0.4, 0.5) is 0 Å². The van der Waals surface area contributed by atoms with Crippen LogP contribution in [0, 0.1) is 0 Å². The van der Waals surface area contributed by atoms with Crippen molar-refractivity contribution in [1.29, 1.82) is 0 Å². The van der Waals surface area contributed by atoms with Crippen molar-refractivity contribution in [1.82, 2.24) is 5.32 Å². The second-order valence-electron chi connectivity index (χ2n) is 3.16. The van der Waals surface area contributed by atoms with Crippen LogP contribution in [0.5, 0.6) is 0 Å². The molecule has 1 aromatic rings. The molecule has 0 aliphatic heterocycles. The van der Waals surface area contributed by atoms with E-state index in [1.165, 1.54) is 0 Å². The van der Waals surface area contributed by atoms with Crippen LogP contribution in [0.25, 0.3) is 0 Å². The van der Waals surface area contributed by atoms with E-state index in [0.717, 1.165) is 0 Å². The number of benzene rings is 1. The van der Waals surface area contributed by atoms with Gasteiger partial charge >= 0.3 is 0 Å². The minimum atomic E-state index is -0.289. The molecule has 1 aromatic carbocycles. The second kappa shape index (κ2) is 5.49. The lowest BCUT2D eigenvalue weighted by Gasteiger charge is -2.11. The number of hydrogen-bond donors (Lipinski definition) is 2. The highest BCUT2D eigenvalue weighted by atomic mass is 79.9. The molecule has 0 spiro atoms. The first-order valence-electron chi connectivity index (χ1n) is 4.42. The molecule has 3 nitrogen and oxygen atoms in total. The van der Waals surface area contributed by atoms with Crippen molar-refractivity contribution in [3.05, 3.63) is 33.3 Å². The van der Waals surface area contributed by atoms with Gasteiger partial charge in [-0.15, -0.1) is 0 Å². The average molecular weight is 293 g/mol. The molecule has 0 saturated heterocycles. The average Bonchev–Trinajstić information content (AvgIpc) is 2.21. The Morgan fingerprint density at radius 3 is 2.93 bits per heavy atom. The molecule has 82 valence electrons. The number of halogens is 2. The van der Waals surface area contributed by atoms with Gasteiger partial charge in [0, 0.05) is 10.5 Å². The van der Waals surface area contributed by atoms with Crippen molar-refractivity contribution in [2.45, 2.75) is 13.0 Å². The second-order valence-corrected chi connectivity index (χ2v) is 4.39. The number of hydrogen-bond acceptors (Lipinski definition) is 2. The fourth-order valence-corrected chi connectivity index (χ4v) is 1.60. The Hall–Kier alpha value is -0.580. The molecule has 1 rings (SSSR count). The van der Waals surface area contributed by atoms with E-state index >= 15 is 0 Å². The smallest absolute Gasteiger partial charge is 0.253 e. The topological polar surface area (TPSA) is 49.3 Å². The third-order valence-electron chi connectivity index (χ3n) is 1.85. The maximum absolute atomic E-state index is 11.7. The molecule has 0 bridgehead atoms. The molecule has 0 radical (unpaired) electrons. The van der Waals surface area contributed by atoms with E-state index in [2.05, 4.69) is 21.2 Å². The summed E-state index contributed by atoms with van der Waals surface area (Å²) in [5.74, 6) is -0.289. The summed E-state index contributed by atoms with van der Waals surface area (Å²) in [5.41, 5.74) is 0.395. The quantitative estimate of drug-likeness (QED) is 0.897. The van der Waals surface area contributed by atoms with E-state index < -0.39 is 0 Å². The number of carbonyl (C=O) groups excluding carboxylic acids is 1. The van der Waals surface area contributed by atoms with E-state index in [0.29, 0.717) is 15.1 Å². The van der Waals surface area contributed by atoms with Crippen molar-refractivity contribution in [2.24, 2.45) is 0 Å². The summed E-state index contributed by atoms with van der Waals surface area (Å²) in [5, 5.41) is 11.8. The van der Waals surface area contributed by atoms with E-state index in [1.807, 2.05) is 0 Å². The van der Waals surface area contributed by atoms with Crippen molar-refractivity contribution < 1.29 is 9.90 Å². The standard InChI is InChI=1S/C10H11BrClNO2/c1-6(5-14)13-10(15)7-3-2-4-8(11)9(7)12/h2-4,6,14H,5H2,1H3,(H,13,15). The van der Waals surface area contributed by atoms with Gasteiger partial charge in [0.1, 0.15) is 0 Å². The Kier molecular flexibility index (Phi) is 4.57. The van der Waals surface area contributed by atoms with E-state index in [4.69, 9.17) is 16.7 Å². The number of aliphatic hydroxyl groups is 1. The number of aliphatic hydroxyl groups excluding tert-OH is 1. The van der Waals surface area contributed by atoms with Gasteiger partial charge in [-0.2, -0.15) is 0 Å². The fourth-order valence-electron chi connectivity index (χ4n) is 1.03. The highest BCUT2D eigenvalue weighted by Crippen LogP contribution is 2.25. The van der Waals surface area contributed by atoms with Gasteiger partial charge < -0.3 is 10.4 Å². The highest BCUT2D eigenvalue weighted by molar-refractivity contribution is 9.10. The summed E-state index contributed by atoms with van der Waals surface area (Å²) in [4.78, 5) is 11.7. The first-order chi connectivity index (χ1) is 7.06. The molecule has 0 heterocycles. The van der Waals surface area contributed by atoms with Crippen molar-refractivity contribution in [3.8, 4) is 0 Å². The molecule has 0 saturated carbocycles. The number of carbonyl (C=O) groups is 1. The van der Waals surface area contributed by atoms with Gasteiger partial charge in [-0.3, -0.25) is 4.79 Å². The third kappa shape index (κ3) is 3.19. The predicted octanol–water partition coefficient (Wildman–Crippen LogP) is 2.21. The first kappa shape index (κ1) is 12.5. The van der Waals surface area contributed by atoms with Crippen LogP contribution >= 0.6 is 27.5 Å². The summed E-state index contributed by atoms with van der Waals surface area (Å²) >= 11 is 9.18. The van der Waals surface area contributed by atoms with Crippen LogP contribution < -0.4 is 5.32 Å². The summed E-state index contributed by atoms with van der Waals surface area (Å²) in [6.07, 6.45) is 0. The van der Waals surface area contributed by atoms with E-state index in [1.54, 1.807) is 25.1 Å². The lowest BCUT2D eigenvalue weighted by molar-refractivity contribution is 0.0922. The molecule has 2 N–H and O–H groups in total. The zero-order chi connectivity index (χ0) is 11.4. The molecule has 0 aliphatic rings. The number of amides is 1. The van der Waals surface area contributed by atoms with Crippen LogP contribution in [0.1, 0.15) is 17.3 Å². The minimum Gasteiger partial charge on any atom is -0.394 e. The minimum absolute atomic E-state index is 0.0998. The van der Waals surface area contributed by atoms with Gasteiger partial charge in [-0.25, -0.2) is 0 Å². The summed E-state index contributed by atoms with van der Waals surface area (Å²) < 4.78 is 0.675.